The summed E-state index contributed by atoms with van der Waals surface area (Å²) in [5.41, 5.74) is 9.15. The van der Waals surface area contributed by atoms with Crippen molar-refractivity contribution in [2.45, 2.75) is 117 Å². The monoisotopic (exact) mass is 994 g/mol. The highest BCUT2D eigenvalue weighted by Crippen LogP contribution is 2.49. The van der Waals surface area contributed by atoms with Crippen LogP contribution in [-0.2, 0) is 25.7 Å². The second-order valence-electron chi connectivity index (χ2n) is 17.0. The van der Waals surface area contributed by atoms with E-state index in [1.165, 1.54) is 32.5 Å². The number of halogens is 2. The highest BCUT2D eigenvalue weighted by atomic mass is 127. The van der Waals surface area contributed by atoms with Gasteiger partial charge in [0.1, 0.15) is 12.1 Å². The van der Waals surface area contributed by atoms with Crippen LogP contribution in [0.3, 0.4) is 0 Å². The zero-order valence-corrected chi connectivity index (χ0v) is 39.1. The van der Waals surface area contributed by atoms with Crippen LogP contribution in [0.25, 0.3) is 0 Å². The van der Waals surface area contributed by atoms with Gasteiger partial charge in [0.2, 0.25) is 5.69 Å². The third kappa shape index (κ3) is 9.97. The van der Waals surface area contributed by atoms with E-state index in [0.717, 1.165) is 64.0 Å². The molecule has 0 atom stereocenters. The van der Waals surface area contributed by atoms with Gasteiger partial charge in [-0.25, -0.2) is 4.79 Å². The molecule has 0 fully saturated rings. The SMILES string of the molecule is CCCCC[N+]1=C(/C=C/C2=C(N(C)C(=O)OC(C)(C)C)C(=C/C=C3/N(CCCCS(=O)(=O)O)c4ccc(I)cc4C3(C)C)/CC2)C(C)(C)c2cc(I)ccc21. The van der Waals surface area contributed by atoms with Gasteiger partial charge in [0, 0.05) is 61.7 Å². The molecule has 0 bridgehead atoms. The van der Waals surface area contributed by atoms with Gasteiger partial charge in [0.25, 0.3) is 10.1 Å². The maximum atomic E-state index is 13.7. The topological polar surface area (TPSA) is 90.2 Å². The lowest BCUT2D eigenvalue weighted by Crippen LogP contribution is -2.34. The molecule has 0 radical (unpaired) electrons. The number of nitrogens with zero attached hydrogens (tertiary/aromatic N) is 3. The standard InChI is InChI=1S/C44H57I2N3O5S/c1-10-11-12-25-48-36-21-19-32(45)28-34(36)43(5,6)38(48)23-17-30-15-16-31(40(30)47(9)41(50)54-42(2,3)4)18-24-39-44(7,8)35-29-33(46)20-22-37(35)49(39)26-13-14-27-55(51,52)53/h17-24,28-29H,10-16,25-27H2,1-9H3/p+1. The number of hydrogen-bond acceptors (Lipinski definition) is 5. The number of amides is 1. The molecule has 298 valence electrons. The van der Waals surface area contributed by atoms with Crippen molar-refractivity contribution < 1.29 is 27.1 Å². The first-order valence-corrected chi connectivity index (χ1v) is 23.2. The van der Waals surface area contributed by atoms with Gasteiger partial charge < -0.3 is 9.64 Å². The smallest absolute Gasteiger partial charge is 0.414 e. The molecule has 1 aliphatic carbocycles. The minimum atomic E-state index is -4.02. The van der Waals surface area contributed by atoms with Gasteiger partial charge in [-0.15, -0.1) is 0 Å². The molecular formula is C44H58I2N3O5S+. The van der Waals surface area contributed by atoms with Crippen LogP contribution in [0.2, 0.25) is 0 Å². The molecule has 0 spiro atoms. The zero-order valence-electron chi connectivity index (χ0n) is 33.9. The van der Waals surface area contributed by atoms with Gasteiger partial charge >= 0.3 is 6.09 Å². The summed E-state index contributed by atoms with van der Waals surface area (Å²) in [7, 11) is -2.21. The Kier molecular flexibility index (Phi) is 13.6. The van der Waals surface area contributed by atoms with Crippen molar-refractivity contribution in [2.75, 3.05) is 30.8 Å². The second kappa shape index (κ2) is 17.2. The normalized spacial score (nSPS) is 19.3. The number of benzene rings is 2. The molecule has 2 aromatic rings. The van der Waals surface area contributed by atoms with E-state index >= 15 is 0 Å². The molecule has 55 heavy (non-hydrogen) atoms. The summed E-state index contributed by atoms with van der Waals surface area (Å²) in [6.07, 6.45) is 14.4. The predicted octanol–water partition coefficient (Wildman–Crippen LogP) is 11.2. The van der Waals surface area contributed by atoms with Gasteiger partial charge in [0.05, 0.1) is 16.9 Å². The third-order valence-corrected chi connectivity index (χ3v) is 13.0. The van der Waals surface area contributed by atoms with Crippen LogP contribution in [0.4, 0.5) is 16.2 Å². The minimum Gasteiger partial charge on any atom is -0.443 e. The molecule has 1 amide bonds. The molecule has 0 unspecified atom stereocenters. The minimum absolute atomic E-state index is 0.190. The van der Waals surface area contributed by atoms with Crippen LogP contribution in [0, 0.1) is 7.14 Å². The molecular weight excluding hydrogens is 936 g/mol. The lowest BCUT2D eigenvalue weighted by atomic mass is 9.81. The summed E-state index contributed by atoms with van der Waals surface area (Å²) >= 11 is 4.76. The lowest BCUT2D eigenvalue weighted by molar-refractivity contribution is -0.438. The summed E-state index contributed by atoms with van der Waals surface area (Å²) in [6.45, 7) is 18.5. The fourth-order valence-electron chi connectivity index (χ4n) is 8.10. The number of rotatable bonds is 13. The van der Waals surface area contributed by atoms with E-state index < -0.39 is 21.8 Å². The number of anilines is 1. The van der Waals surface area contributed by atoms with Gasteiger partial charge in [-0.05, 0) is 165 Å². The Morgan fingerprint density at radius 3 is 2.27 bits per heavy atom. The number of carbonyl (C=O) groups excluding carboxylic acids is 1. The van der Waals surface area contributed by atoms with Gasteiger partial charge in [-0.3, -0.25) is 9.45 Å². The van der Waals surface area contributed by atoms with Crippen molar-refractivity contribution in [1.82, 2.24) is 4.90 Å². The maximum absolute atomic E-state index is 13.7. The molecule has 2 aliphatic heterocycles. The Labute approximate surface area is 356 Å². The summed E-state index contributed by atoms with van der Waals surface area (Å²) in [5.74, 6) is -0.257. The van der Waals surface area contributed by atoms with Crippen LogP contribution in [-0.4, -0.2) is 65.7 Å². The quantitative estimate of drug-likeness (QED) is 0.0931. The first-order valence-electron chi connectivity index (χ1n) is 19.4. The number of hydrogen-bond donors (Lipinski definition) is 1. The van der Waals surface area contributed by atoms with Crippen molar-refractivity contribution in [3.05, 3.63) is 102 Å². The molecule has 0 saturated heterocycles. The Morgan fingerprint density at radius 1 is 0.945 bits per heavy atom. The number of ether oxygens (including phenoxy) is 1. The lowest BCUT2D eigenvalue weighted by Gasteiger charge is -2.28. The first-order chi connectivity index (χ1) is 25.7. The molecule has 8 nitrogen and oxygen atoms in total. The molecule has 1 N–H and O–H groups in total. The van der Waals surface area contributed by atoms with E-state index in [1.54, 1.807) is 4.90 Å². The number of unbranched alkanes of at least 4 members (excludes halogenated alkanes) is 3. The van der Waals surface area contributed by atoms with Gasteiger partial charge in [-0.1, -0.05) is 39.3 Å². The number of fused-ring (bicyclic) bond motifs is 2. The van der Waals surface area contributed by atoms with E-state index in [0.29, 0.717) is 19.4 Å². The molecule has 5 rings (SSSR count). The molecule has 11 heteroatoms. The fraction of sp³-hybridized carbons (Fsp3) is 0.500. The van der Waals surface area contributed by atoms with E-state index in [-0.39, 0.29) is 16.6 Å². The van der Waals surface area contributed by atoms with Crippen molar-refractivity contribution in [3.63, 3.8) is 0 Å². The summed E-state index contributed by atoms with van der Waals surface area (Å²) in [5, 5.41) is 0. The fourth-order valence-corrected chi connectivity index (χ4v) is 9.65. The third-order valence-electron chi connectivity index (χ3n) is 10.9. The Morgan fingerprint density at radius 2 is 1.62 bits per heavy atom. The summed E-state index contributed by atoms with van der Waals surface area (Å²) < 4.78 is 43.1. The number of likely N-dealkylation sites (N-methyl/N-ethyl adjacent to an activating group) is 1. The average Bonchev–Trinajstić information content (AvgIpc) is 3.64. The maximum Gasteiger partial charge on any atom is 0.414 e. The van der Waals surface area contributed by atoms with E-state index in [4.69, 9.17) is 4.74 Å². The molecule has 2 heterocycles. The molecule has 2 aromatic carbocycles. The molecule has 0 aromatic heterocycles. The van der Waals surface area contributed by atoms with E-state index in [2.05, 4.69) is 150 Å². The summed E-state index contributed by atoms with van der Waals surface area (Å²) in [6, 6.07) is 13.2. The average molecular weight is 995 g/mol. The van der Waals surface area contributed by atoms with Crippen LogP contribution in [0.1, 0.15) is 111 Å². The Bertz CT molecular complexity index is 2090. The Hall–Kier alpha value is -2.49. The Balaban J connectivity index is 1.59. The predicted molar refractivity (Wildman–Crippen MR) is 242 cm³/mol. The number of carbonyl (C=O) groups is 1. The van der Waals surface area contributed by atoms with Crippen LogP contribution < -0.4 is 4.90 Å². The zero-order chi connectivity index (χ0) is 40.5. The van der Waals surface area contributed by atoms with Crippen molar-refractivity contribution in [1.29, 1.82) is 0 Å². The van der Waals surface area contributed by atoms with Gasteiger partial charge in [-0.2, -0.15) is 13.0 Å². The van der Waals surface area contributed by atoms with Crippen LogP contribution in [0.15, 0.2) is 83.2 Å². The molecule has 0 saturated carbocycles. The highest BCUT2D eigenvalue weighted by molar-refractivity contribution is 14.1. The van der Waals surface area contributed by atoms with Crippen molar-refractivity contribution in [2.24, 2.45) is 0 Å². The van der Waals surface area contributed by atoms with Crippen molar-refractivity contribution >= 4 is 78.5 Å². The molecule has 3 aliphatic rings. The second-order valence-corrected chi connectivity index (χ2v) is 21.0. The summed E-state index contributed by atoms with van der Waals surface area (Å²) in [4.78, 5) is 17.7. The van der Waals surface area contributed by atoms with E-state index in [9.17, 15) is 17.8 Å². The van der Waals surface area contributed by atoms with E-state index in [1.807, 2.05) is 27.8 Å². The largest absolute Gasteiger partial charge is 0.443 e. The van der Waals surface area contributed by atoms with Crippen LogP contribution >= 0.6 is 45.2 Å². The van der Waals surface area contributed by atoms with Crippen LogP contribution in [0.5, 0.6) is 0 Å². The van der Waals surface area contributed by atoms with Crippen molar-refractivity contribution in [3.8, 4) is 0 Å². The highest BCUT2D eigenvalue weighted by Gasteiger charge is 2.44. The van der Waals surface area contributed by atoms with Gasteiger partial charge in [0.15, 0.2) is 5.71 Å². The number of allylic oxidation sites excluding steroid dienone is 7. The first kappa shape index (κ1) is 43.6.